The molecule has 0 N–H and O–H groups in total. The van der Waals surface area contributed by atoms with Gasteiger partial charge in [-0.3, -0.25) is 0 Å². The third-order valence-corrected chi connectivity index (χ3v) is 5.35. The molecule has 31 heavy (non-hydrogen) atoms. The van der Waals surface area contributed by atoms with E-state index in [0.717, 1.165) is 16.8 Å². The van der Waals surface area contributed by atoms with Crippen molar-refractivity contribution in [2.24, 2.45) is 0 Å². The molecule has 0 amide bonds. The van der Waals surface area contributed by atoms with Crippen molar-refractivity contribution in [3.63, 3.8) is 0 Å². The van der Waals surface area contributed by atoms with Crippen LogP contribution in [0.25, 0.3) is 10.9 Å². The van der Waals surface area contributed by atoms with Gasteiger partial charge in [-0.25, -0.2) is 9.18 Å². The van der Waals surface area contributed by atoms with Crippen LogP contribution in [0.3, 0.4) is 0 Å². The van der Waals surface area contributed by atoms with E-state index >= 15 is 0 Å². The molecule has 0 aliphatic heterocycles. The number of aromatic nitrogens is 1. The summed E-state index contributed by atoms with van der Waals surface area (Å²) in [5, 5.41) is -0.582. The van der Waals surface area contributed by atoms with E-state index in [9.17, 15) is 30.8 Å². The Bertz CT molecular complexity index is 1210. The van der Waals surface area contributed by atoms with Gasteiger partial charge in [0.05, 0.1) is 23.1 Å². The number of ether oxygens (including phenoxy) is 2. The van der Waals surface area contributed by atoms with Crippen LogP contribution in [-0.2, 0) is 25.6 Å². The fourth-order valence-electron chi connectivity index (χ4n) is 2.88. The summed E-state index contributed by atoms with van der Waals surface area (Å²) in [7, 11) is -3.23. The highest BCUT2D eigenvalue weighted by Crippen LogP contribution is 2.36. The quantitative estimate of drug-likeness (QED) is 0.392. The number of methoxy groups -OCH3 is 1. The van der Waals surface area contributed by atoms with Crippen molar-refractivity contribution in [3.05, 3.63) is 60.0 Å². The zero-order chi connectivity index (χ0) is 22.8. The van der Waals surface area contributed by atoms with Gasteiger partial charge in [0.15, 0.2) is 0 Å². The maximum absolute atomic E-state index is 14.5. The van der Waals surface area contributed by atoms with Gasteiger partial charge in [0.2, 0.25) is 0 Å². The van der Waals surface area contributed by atoms with Gasteiger partial charge in [0.1, 0.15) is 16.5 Å². The van der Waals surface area contributed by atoms with Crippen molar-refractivity contribution >= 4 is 27.0 Å². The summed E-state index contributed by atoms with van der Waals surface area (Å²) >= 11 is 0. The molecule has 7 nitrogen and oxygen atoms in total. The number of halogens is 4. The zero-order valence-corrected chi connectivity index (χ0v) is 16.7. The number of carbonyl (C=O) groups is 1. The summed E-state index contributed by atoms with van der Waals surface area (Å²) in [5.74, 6) is -3.34. The van der Waals surface area contributed by atoms with Crippen LogP contribution < -0.4 is 4.74 Å². The first-order chi connectivity index (χ1) is 14.5. The molecular formula is C19H15F4NO6S. The summed E-state index contributed by atoms with van der Waals surface area (Å²) in [6.45, 7) is -0.0114. The third kappa shape index (κ3) is 4.97. The van der Waals surface area contributed by atoms with E-state index in [1.165, 1.54) is 37.4 Å². The van der Waals surface area contributed by atoms with E-state index in [0.29, 0.717) is 6.07 Å². The Hall–Kier alpha value is -3.12. The van der Waals surface area contributed by atoms with Gasteiger partial charge >= 0.3 is 22.4 Å². The number of hydrogen-bond acceptors (Lipinski definition) is 6. The van der Waals surface area contributed by atoms with Crippen molar-refractivity contribution in [3.8, 4) is 5.75 Å². The molecule has 166 valence electrons. The van der Waals surface area contributed by atoms with E-state index in [1.54, 1.807) is 0 Å². The highest BCUT2D eigenvalue weighted by atomic mass is 32.2. The Balaban J connectivity index is 2.14. The standard InChI is InChI=1S/C19H15F4NO6S/c1-28-10-9-24-11-13(18(25)30-31(26,27)12-5-3-2-4-6-12)16-15(29-19(21,22)23)8-7-14(20)17(16)24/h2-8,11H,9-10H2,1H3. The van der Waals surface area contributed by atoms with Crippen molar-refractivity contribution in [1.82, 2.24) is 4.57 Å². The number of alkyl halides is 3. The highest BCUT2D eigenvalue weighted by molar-refractivity contribution is 7.87. The lowest BCUT2D eigenvalue weighted by Gasteiger charge is -2.12. The molecule has 3 rings (SSSR count). The SMILES string of the molecule is COCCn1cc(C(=O)OS(=O)(=O)c2ccccc2)c2c(OC(F)(F)F)ccc(F)c21. The molecule has 3 aromatic rings. The predicted molar refractivity (Wildman–Crippen MR) is 99.5 cm³/mol. The van der Waals surface area contributed by atoms with Gasteiger partial charge in [-0.2, -0.15) is 8.42 Å². The molecule has 0 atom stereocenters. The topological polar surface area (TPSA) is 83.8 Å². The minimum absolute atomic E-state index is 0.0321. The first-order valence-electron chi connectivity index (χ1n) is 8.63. The van der Waals surface area contributed by atoms with E-state index < -0.39 is 50.5 Å². The summed E-state index contributed by atoms with van der Waals surface area (Å²) in [5.41, 5.74) is -1.02. The van der Waals surface area contributed by atoms with Crippen molar-refractivity contribution in [1.29, 1.82) is 0 Å². The summed E-state index contributed by atoms with van der Waals surface area (Å²) in [4.78, 5) is 12.3. The van der Waals surface area contributed by atoms with Gasteiger partial charge in [0, 0.05) is 19.9 Å². The van der Waals surface area contributed by atoms with Crippen LogP contribution in [0.5, 0.6) is 5.75 Å². The average molecular weight is 461 g/mol. The summed E-state index contributed by atoms with van der Waals surface area (Å²) in [6, 6.07) is 8.08. The largest absolute Gasteiger partial charge is 0.573 e. The Labute approximate surface area is 173 Å². The Morgan fingerprint density at radius 3 is 2.39 bits per heavy atom. The monoisotopic (exact) mass is 461 g/mol. The first kappa shape index (κ1) is 22.6. The molecule has 0 bridgehead atoms. The van der Waals surface area contributed by atoms with Crippen molar-refractivity contribution < 1.29 is 44.4 Å². The van der Waals surface area contributed by atoms with Crippen molar-refractivity contribution in [2.75, 3.05) is 13.7 Å². The van der Waals surface area contributed by atoms with Gasteiger partial charge in [0.25, 0.3) is 0 Å². The number of fused-ring (bicyclic) bond motifs is 1. The molecule has 0 fully saturated rings. The van der Waals surface area contributed by atoms with Crippen LogP contribution in [0.1, 0.15) is 10.4 Å². The number of hydrogen-bond donors (Lipinski definition) is 0. The van der Waals surface area contributed by atoms with Gasteiger partial charge < -0.3 is 18.2 Å². The number of nitrogens with zero attached hydrogens (tertiary/aromatic N) is 1. The minimum Gasteiger partial charge on any atom is -0.405 e. The second kappa shape index (κ2) is 8.55. The molecule has 1 aromatic heterocycles. The number of carbonyl (C=O) groups excluding carboxylic acids is 1. The third-order valence-electron chi connectivity index (χ3n) is 4.13. The molecule has 0 aliphatic rings. The van der Waals surface area contributed by atoms with Gasteiger partial charge in [-0.15, -0.1) is 13.2 Å². The fourth-order valence-corrected chi connectivity index (χ4v) is 3.76. The lowest BCUT2D eigenvalue weighted by atomic mass is 10.1. The smallest absolute Gasteiger partial charge is 0.405 e. The Morgan fingerprint density at radius 2 is 1.77 bits per heavy atom. The van der Waals surface area contributed by atoms with Crippen LogP contribution in [0, 0.1) is 5.82 Å². The normalized spacial score (nSPS) is 12.2. The maximum atomic E-state index is 14.5. The molecule has 0 unspecified atom stereocenters. The minimum atomic E-state index is -5.14. The zero-order valence-electron chi connectivity index (χ0n) is 15.8. The second-order valence-corrected chi connectivity index (χ2v) is 7.73. The average Bonchev–Trinajstić information content (AvgIpc) is 3.09. The molecule has 0 saturated heterocycles. The van der Waals surface area contributed by atoms with Crippen LogP contribution in [-0.4, -0.2) is 39.0 Å². The van der Waals surface area contributed by atoms with E-state index in [1.807, 2.05) is 0 Å². The Kier molecular flexibility index (Phi) is 6.23. The molecule has 0 aliphatic carbocycles. The molecular weight excluding hydrogens is 446 g/mol. The van der Waals surface area contributed by atoms with E-state index in [4.69, 9.17) is 4.74 Å². The fraction of sp³-hybridized carbons (Fsp3) is 0.211. The lowest BCUT2D eigenvalue weighted by molar-refractivity contribution is -0.274. The van der Waals surface area contributed by atoms with Crippen LogP contribution in [0.15, 0.2) is 53.6 Å². The molecule has 0 spiro atoms. The lowest BCUT2D eigenvalue weighted by Crippen LogP contribution is -2.18. The van der Waals surface area contributed by atoms with Crippen LogP contribution in [0.4, 0.5) is 17.6 Å². The summed E-state index contributed by atoms with van der Waals surface area (Å²) in [6.07, 6.45) is -4.16. The molecule has 0 radical (unpaired) electrons. The van der Waals surface area contributed by atoms with E-state index in [2.05, 4.69) is 8.92 Å². The molecule has 2 aromatic carbocycles. The van der Waals surface area contributed by atoms with Crippen LogP contribution in [0.2, 0.25) is 0 Å². The molecule has 12 heteroatoms. The second-order valence-electron chi connectivity index (χ2n) is 6.18. The van der Waals surface area contributed by atoms with Gasteiger partial charge in [-0.1, -0.05) is 18.2 Å². The highest BCUT2D eigenvalue weighted by Gasteiger charge is 2.34. The molecule has 0 saturated carbocycles. The summed E-state index contributed by atoms with van der Waals surface area (Å²) < 4.78 is 92.3. The maximum Gasteiger partial charge on any atom is 0.573 e. The predicted octanol–water partition coefficient (Wildman–Crippen LogP) is 3.87. The van der Waals surface area contributed by atoms with Gasteiger partial charge in [-0.05, 0) is 24.3 Å². The van der Waals surface area contributed by atoms with E-state index in [-0.39, 0.29) is 18.0 Å². The van der Waals surface area contributed by atoms with Crippen LogP contribution >= 0.6 is 0 Å². The number of benzene rings is 2. The molecule has 1 heterocycles. The first-order valence-corrected chi connectivity index (χ1v) is 10.0. The number of rotatable bonds is 7. The van der Waals surface area contributed by atoms with Crippen molar-refractivity contribution in [2.45, 2.75) is 17.8 Å². The Morgan fingerprint density at radius 1 is 1.10 bits per heavy atom.